The zero-order valence-corrected chi connectivity index (χ0v) is 18.8. The number of ether oxygens (including phenoxy) is 1. The van der Waals surface area contributed by atoms with Crippen LogP contribution in [0.15, 0.2) is 0 Å². The minimum absolute atomic E-state index is 0.0264. The number of carbonyl (C=O) groups excluding carboxylic acids is 1. The van der Waals surface area contributed by atoms with Crippen LogP contribution in [-0.4, -0.2) is 23.3 Å². The first-order valence-corrected chi connectivity index (χ1v) is 11.2. The fourth-order valence-corrected chi connectivity index (χ4v) is 8.15. The largest absolute Gasteiger partial charge is 0.465 e. The van der Waals surface area contributed by atoms with Gasteiger partial charge in [0.1, 0.15) is 0 Å². The van der Waals surface area contributed by atoms with E-state index >= 15 is 0 Å². The first kappa shape index (κ1) is 21.1. The Balaban J connectivity index is 1.92. The molecule has 0 aromatic rings. The molecular weight excluding hydrogens is 336 g/mol. The summed E-state index contributed by atoms with van der Waals surface area (Å²) in [5.41, 5.74) is -0.490. The van der Waals surface area contributed by atoms with E-state index < -0.39 is 11.0 Å². The summed E-state index contributed by atoms with van der Waals surface area (Å²) in [6.45, 7) is 15.7. The molecule has 4 aliphatic rings. The van der Waals surface area contributed by atoms with Crippen LogP contribution in [0.25, 0.3) is 0 Å². The van der Waals surface area contributed by atoms with Crippen LogP contribution in [0.1, 0.15) is 106 Å². The van der Waals surface area contributed by atoms with Gasteiger partial charge < -0.3 is 9.84 Å². The summed E-state index contributed by atoms with van der Waals surface area (Å²) < 4.78 is 5.98. The molecule has 0 radical (unpaired) electrons. The van der Waals surface area contributed by atoms with E-state index in [4.69, 9.17) is 4.74 Å². The van der Waals surface area contributed by atoms with Crippen LogP contribution < -0.4 is 0 Å². The van der Waals surface area contributed by atoms with Crippen LogP contribution in [0.2, 0.25) is 0 Å². The van der Waals surface area contributed by atoms with Crippen molar-refractivity contribution in [2.75, 3.05) is 6.61 Å². The van der Waals surface area contributed by atoms with E-state index in [9.17, 15) is 9.90 Å². The lowest BCUT2D eigenvalue weighted by Gasteiger charge is -2.72. The highest BCUT2D eigenvalue weighted by molar-refractivity contribution is 5.75. The van der Waals surface area contributed by atoms with Crippen molar-refractivity contribution in [2.24, 2.45) is 27.1 Å². The van der Waals surface area contributed by atoms with Gasteiger partial charge in [-0.15, -0.1) is 0 Å². The second-order valence-electron chi connectivity index (χ2n) is 12.0. The zero-order valence-electron chi connectivity index (χ0n) is 18.8. The van der Waals surface area contributed by atoms with Gasteiger partial charge in [0.05, 0.1) is 17.6 Å². The summed E-state index contributed by atoms with van der Waals surface area (Å²) in [5.74, 6) is -0.0636. The van der Waals surface area contributed by atoms with Crippen molar-refractivity contribution in [3.8, 4) is 0 Å². The highest BCUT2D eigenvalue weighted by Crippen LogP contribution is 2.76. The van der Waals surface area contributed by atoms with Crippen LogP contribution in [0, 0.1) is 27.1 Å². The molecular formula is C24H42O3. The third-order valence-electron chi connectivity index (χ3n) is 8.80. The van der Waals surface area contributed by atoms with Crippen molar-refractivity contribution in [1.29, 1.82) is 0 Å². The van der Waals surface area contributed by atoms with Crippen LogP contribution >= 0.6 is 0 Å². The predicted octanol–water partition coefficient (Wildman–Crippen LogP) is 5.88. The Kier molecular flexibility index (Phi) is 4.87. The summed E-state index contributed by atoms with van der Waals surface area (Å²) in [6, 6.07) is 0. The van der Waals surface area contributed by atoms with Crippen LogP contribution in [0.3, 0.4) is 0 Å². The van der Waals surface area contributed by atoms with E-state index in [-0.39, 0.29) is 27.6 Å². The van der Waals surface area contributed by atoms with Crippen molar-refractivity contribution in [3.63, 3.8) is 0 Å². The minimum Gasteiger partial charge on any atom is -0.465 e. The highest BCUT2D eigenvalue weighted by atomic mass is 16.5. The lowest BCUT2D eigenvalue weighted by Crippen LogP contribution is -2.67. The molecule has 2 atom stereocenters. The lowest BCUT2D eigenvalue weighted by atomic mass is 9.33. The average Bonchev–Trinajstić information content (AvgIpc) is 2.55. The maximum absolute atomic E-state index is 12.7. The predicted molar refractivity (Wildman–Crippen MR) is 109 cm³/mol. The first-order chi connectivity index (χ1) is 12.3. The Hall–Kier alpha value is -0.570. The van der Waals surface area contributed by atoms with Crippen LogP contribution in [0.5, 0.6) is 0 Å². The Morgan fingerprint density at radius 2 is 1.41 bits per heavy atom. The molecule has 3 nitrogen and oxygen atoms in total. The third-order valence-corrected chi connectivity index (χ3v) is 8.80. The van der Waals surface area contributed by atoms with Gasteiger partial charge in [0.25, 0.3) is 0 Å². The molecule has 0 aliphatic heterocycles. The molecule has 156 valence electrons. The molecule has 0 spiro atoms. The van der Waals surface area contributed by atoms with Gasteiger partial charge in [-0.05, 0) is 82.5 Å². The minimum atomic E-state index is -0.602. The molecule has 0 saturated heterocycles. The van der Waals surface area contributed by atoms with E-state index in [0.717, 1.165) is 51.4 Å². The summed E-state index contributed by atoms with van der Waals surface area (Å²) in [4.78, 5) is 12.7. The number of hydrogen-bond acceptors (Lipinski definition) is 3. The molecule has 0 amide bonds. The molecule has 0 aromatic heterocycles. The molecule has 4 fully saturated rings. The summed E-state index contributed by atoms with van der Waals surface area (Å²) in [7, 11) is 0. The Bertz CT molecular complexity index is 583. The molecule has 27 heavy (non-hydrogen) atoms. The molecule has 4 aliphatic carbocycles. The van der Waals surface area contributed by atoms with Crippen molar-refractivity contribution in [2.45, 2.75) is 112 Å². The Morgan fingerprint density at radius 1 is 0.889 bits per heavy atom. The summed E-state index contributed by atoms with van der Waals surface area (Å²) >= 11 is 0. The number of carbonyl (C=O) groups is 1. The third kappa shape index (κ3) is 3.26. The summed E-state index contributed by atoms with van der Waals surface area (Å²) in [5, 5.41) is 11.7. The number of rotatable bonds is 7. The number of hydrogen-bond donors (Lipinski definition) is 1. The maximum Gasteiger partial charge on any atom is 0.311 e. The fourth-order valence-electron chi connectivity index (χ4n) is 8.15. The van der Waals surface area contributed by atoms with Crippen molar-refractivity contribution < 1.29 is 14.6 Å². The highest BCUT2D eigenvalue weighted by Gasteiger charge is 2.69. The summed E-state index contributed by atoms with van der Waals surface area (Å²) in [6.07, 6.45) is 9.23. The van der Waals surface area contributed by atoms with Gasteiger partial charge in [0.15, 0.2) is 0 Å². The van der Waals surface area contributed by atoms with Crippen molar-refractivity contribution in [1.82, 2.24) is 0 Å². The monoisotopic (exact) mass is 378 g/mol. The lowest BCUT2D eigenvalue weighted by molar-refractivity contribution is -0.264. The Labute approximate surface area is 166 Å². The molecule has 0 heterocycles. The normalized spacial score (nSPS) is 41.0. The van der Waals surface area contributed by atoms with Gasteiger partial charge in [-0.1, -0.05) is 34.6 Å². The van der Waals surface area contributed by atoms with Gasteiger partial charge >= 0.3 is 5.97 Å². The van der Waals surface area contributed by atoms with Gasteiger partial charge in [-0.25, -0.2) is 0 Å². The van der Waals surface area contributed by atoms with E-state index in [0.29, 0.717) is 6.61 Å². The van der Waals surface area contributed by atoms with Crippen LogP contribution in [0.4, 0.5) is 0 Å². The zero-order chi connectivity index (χ0) is 20.4. The first-order valence-electron chi connectivity index (χ1n) is 11.2. The van der Waals surface area contributed by atoms with E-state index in [1.54, 1.807) is 0 Å². The smallest absolute Gasteiger partial charge is 0.311 e. The second kappa shape index (κ2) is 6.21. The molecule has 4 bridgehead atoms. The van der Waals surface area contributed by atoms with E-state index in [1.165, 1.54) is 6.42 Å². The molecule has 4 rings (SSSR count). The second-order valence-corrected chi connectivity index (χ2v) is 12.0. The van der Waals surface area contributed by atoms with E-state index in [2.05, 4.69) is 27.7 Å². The van der Waals surface area contributed by atoms with E-state index in [1.807, 2.05) is 20.8 Å². The molecule has 3 heteroatoms. The van der Waals surface area contributed by atoms with Gasteiger partial charge in [0.2, 0.25) is 0 Å². The molecule has 4 saturated carbocycles. The van der Waals surface area contributed by atoms with Crippen molar-refractivity contribution >= 4 is 5.97 Å². The molecule has 1 N–H and O–H groups in total. The van der Waals surface area contributed by atoms with Crippen LogP contribution in [-0.2, 0) is 9.53 Å². The Morgan fingerprint density at radius 3 is 1.85 bits per heavy atom. The van der Waals surface area contributed by atoms with Gasteiger partial charge in [0, 0.05) is 10.8 Å². The topological polar surface area (TPSA) is 46.5 Å². The maximum atomic E-state index is 12.7. The SMILES string of the molecule is CCC(C)(C)C(=O)OCC12CC3(C)CC(C)(C1)CC(C(O)(CC)CC)(C3)C2. The number of aliphatic hydroxyl groups is 1. The van der Waals surface area contributed by atoms with Gasteiger partial charge in [-0.3, -0.25) is 4.79 Å². The number of esters is 1. The quantitative estimate of drug-likeness (QED) is 0.562. The molecule has 0 aromatic carbocycles. The van der Waals surface area contributed by atoms with Gasteiger partial charge in [-0.2, -0.15) is 0 Å². The standard InChI is InChI=1S/C24H42O3/c1-8-19(4,5)18(25)27-17-22-12-20(6)11-21(7,13-22)15-23(14-20,16-22)24(26,9-2)10-3/h26H,8-17H2,1-7H3. The molecule has 2 unspecified atom stereocenters. The average molecular weight is 379 g/mol. The fraction of sp³-hybridized carbons (Fsp3) is 0.958. The van der Waals surface area contributed by atoms with Crippen molar-refractivity contribution in [3.05, 3.63) is 0 Å².